The molecular weight excluding hydrogens is 380 g/mol. The first-order chi connectivity index (χ1) is 13.4. The predicted octanol–water partition coefficient (Wildman–Crippen LogP) is 2.72. The Morgan fingerprint density at radius 2 is 1.75 bits per heavy atom. The quantitative estimate of drug-likeness (QED) is 0.709. The summed E-state index contributed by atoms with van der Waals surface area (Å²) in [6.07, 6.45) is 0. The van der Waals surface area contributed by atoms with E-state index in [1.54, 1.807) is 37.9 Å². The van der Waals surface area contributed by atoms with Crippen molar-refractivity contribution in [1.29, 1.82) is 0 Å². The van der Waals surface area contributed by atoms with E-state index in [1.165, 1.54) is 16.4 Å². The van der Waals surface area contributed by atoms with E-state index < -0.39 is 10.0 Å². The van der Waals surface area contributed by atoms with Gasteiger partial charge in [0.2, 0.25) is 16.8 Å². The SMILES string of the molecule is CCN(CC)S(=O)(=O)c1cccc(C(=O)N(C)Cc2ccc3c(c2)OCO3)c1. The average molecular weight is 404 g/mol. The lowest BCUT2D eigenvalue weighted by molar-refractivity contribution is 0.0784. The van der Waals surface area contributed by atoms with Gasteiger partial charge in [-0.2, -0.15) is 4.31 Å². The summed E-state index contributed by atoms with van der Waals surface area (Å²) in [5.74, 6) is 1.09. The highest BCUT2D eigenvalue weighted by molar-refractivity contribution is 7.89. The number of carbonyl (C=O) groups is 1. The molecule has 0 saturated carbocycles. The predicted molar refractivity (Wildman–Crippen MR) is 105 cm³/mol. The second kappa shape index (κ2) is 8.20. The van der Waals surface area contributed by atoms with Gasteiger partial charge in [-0.05, 0) is 35.9 Å². The smallest absolute Gasteiger partial charge is 0.253 e. The van der Waals surface area contributed by atoms with Crippen molar-refractivity contribution in [2.45, 2.75) is 25.3 Å². The summed E-state index contributed by atoms with van der Waals surface area (Å²) >= 11 is 0. The summed E-state index contributed by atoms with van der Waals surface area (Å²) in [6.45, 7) is 4.89. The second-order valence-corrected chi connectivity index (χ2v) is 8.40. The minimum absolute atomic E-state index is 0.124. The summed E-state index contributed by atoms with van der Waals surface area (Å²) in [4.78, 5) is 14.5. The molecule has 7 nitrogen and oxygen atoms in total. The van der Waals surface area contributed by atoms with Crippen molar-refractivity contribution in [3.05, 3.63) is 53.6 Å². The van der Waals surface area contributed by atoms with Gasteiger partial charge in [-0.25, -0.2) is 8.42 Å². The highest BCUT2D eigenvalue weighted by atomic mass is 32.2. The van der Waals surface area contributed by atoms with E-state index in [2.05, 4.69) is 0 Å². The molecule has 28 heavy (non-hydrogen) atoms. The Hall–Kier alpha value is -2.58. The molecule has 1 aliphatic heterocycles. The van der Waals surface area contributed by atoms with Crippen molar-refractivity contribution in [2.75, 3.05) is 26.9 Å². The molecule has 0 aliphatic carbocycles. The van der Waals surface area contributed by atoms with Gasteiger partial charge in [-0.1, -0.05) is 26.0 Å². The fraction of sp³-hybridized carbons (Fsp3) is 0.350. The maximum absolute atomic E-state index is 12.8. The zero-order chi connectivity index (χ0) is 20.3. The third-order valence-electron chi connectivity index (χ3n) is 4.63. The second-order valence-electron chi connectivity index (χ2n) is 6.47. The van der Waals surface area contributed by atoms with Crippen LogP contribution in [0.1, 0.15) is 29.8 Å². The van der Waals surface area contributed by atoms with Gasteiger partial charge in [0, 0.05) is 32.2 Å². The highest BCUT2D eigenvalue weighted by Crippen LogP contribution is 2.32. The van der Waals surface area contributed by atoms with Gasteiger partial charge in [0.15, 0.2) is 11.5 Å². The van der Waals surface area contributed by atoms with E-state index in [0.717, 1.165) is 5.56 Å². The normalized spacial score (nSPS) is 13.0. The van der Waals surface area contributed by atoms with Gasteiger partial charge in [0.05, 0.1) is 4.90 Å². The van der Waals surface area contributed by atoms with Crippen molar-refractivity contribution >= 4 is 15.9 Å². The van der Waals surface area contributed by atoms with Crippen molar-refractivity contribution in [1.82, 2.24) is 9.21 Å². The van der Waals surface area contributed by atoms with Gasteiger partial charge < -0.3 is 14.4 Å². The Balaban J connectivity index is 1.79. The van der Waals surface area contributed by atoms with E-state index in [9.17, 15) is 13.2 Å². The molecule has 2 aromatic carbocycles. The summed E-state index contributed by atoms with van der Waals surface area (Å²) in [5, 5.41) is 0. The lowest BCUT2D eigenvalue weighted by Gasteiger charge is -2.20. The van der Waals surface area contributed by atoms with Crippen LogP contribution in [0.2, 0.25) is 0 Å². The number of fused-ring (bicyclic) bond motifs is 1. The molecule has 1 amide bonds. The summed E-state index contributed by atoms with van der Waals surface area (Å²) in [7, 11) is -1.94. The molecule has 3 rings (SSSR count). The van der Waals surface area contributed by atoms with Gasteiger partial charge in [0.1, 0.15) is 0 Å². The Bertz CT molecular complexity index is 970. The van der Waals surface area contributed by atoms with Crippen LogP contribution in [0.4, 0.5) is 0 Å². The fourth-order valence-corrected chi connectivity index (χ4v) is 4.61. The Morgan fingerprint density at radius 3 is 2.46 bits per heavy atom. The molecule has 0 radical (unpaired) electrons. The molecule has 1 heterocycles. The maximum atomic E-state index is 12.8. The summed E-state index contributed by atoms with van der Waals surface area (Å²) < 4.78 is 37.5. The first-order valence-electron chi connectivity index (χ1n) is 9.11. The third-order valence-corrected chi connectivity index (χ3v) is 6.67. The molecular formula is C20H24N2O5S. The van der Waals surface area contributed by atoms with E-state index in [4.69, 9.17) is 9.47 Å². The van der Waals surface area contributed by atoms with E-state index in [1.807, 2.05) is 18.2 Å². The number of hydrogen-bond donors (Lipinski definition) is 0. The molecule has 0 N–H and O–H groups in total. The topological polar surface area (TPSA) is 76.2 Å². The first kappa shape index (κ1) is 20.2. The van der Waals surface area contributed by atoms with Crippen LogP contribution < -0.4 is 9.47 Å². The van der Waals surface area contributed by atoms with Crippen LogP contribution in [0.25, 0.3) is 0 Å². The van der Waals surface area contributed by atoms with Gasteiger partial charge in [0.25, 0.3) is 5.91 Å². The molecule has 8 heteroatoms. The lowest BCUT2D eigenvalue weighted by Crippen LogP contribution is -2.31. The molecule has 0 spiro atoms. The highest BCUT2D eigenvalue weighted by Gasteiger charge is 2.23. The molecule has 0 unspecified atom stereocenters. The summed E-state index contributed by atoms with van der Waals surface area (Å²) in [6, 6.07) is 11.7. The van der Waals surface area contributed by atoms with E-state index in [0.29, 0.717) is 36.7 Å². The van der Waals surface area contributed by atoms with Crippen molar-refractivity contribution in [3.8, 4) is 11.5 Å². The first-order valence-corrected chi connectivity index (χ1v) is 10.5. The van der Waals surface area contributed by atoms with Gasteiger partial charge in [-0.15, -0.1) is 0 Å². The summed E-state index contributed by atoms with van der Waals surface area (Å²) in [5.41, 5.74) is 1.23. The number of nitrogens with zero attached hydrogens (tertiary/aromatic N) is 2. The minimum atomic E-state index is -3.62. The number of carbonyl (C=O) groups excluding carboxylic acids is 1. The van der Waals surface area contributed by atoms with Crippen LogP contribution in [-0.2, 0) is 16.6 Å². The molecule has 0 fully saturated rings. The largest absolute Gasteiger partial charge is 0.454 e. The van der Waals surface area contributed by atoms with Gasteiger partial charge >= 0.3 is 0 Å². The molecule has 0 bridgehead atoms. The number of hydrogen-bond acceptors (Lipinski definition) is 5. The van der Waals surface area contributed by atoms with Crippen molar-refractivity contribution in [2.24, 2.45) is 0 Å². The van der Waals surface area contributed by atoms with Crippen LogP contribution in [0.3, 0.4) is 0 Å². The van der Waals surface area contributed by atoms with Crippen LogP contribution >= 0.6 is 0 Å². The standard InChI is InChI=1S/C20H24N2O5S/c1-4-22(5-2)28(24,25)17-8-6-7-16(12-17)20(23)21(3)13-15-9-10-18-19(11-15)27-14-26-18/h6-12H,4-5,13-14H2,1-3H3. The lowest BCUT2D eigenvalue weighted by atomic mass is 10.1. The average Bonchev–Trinajstić information content (AvgIpc) is 3.16. The van der Waals surface area contributed by atoms with Crippen LogP contribution in [0.15, 0.2) is 47.4 Å². The third kappa shape index (κ3) is 3.98. The van der Waals surface area contributed by atoms with Crippen LogP contribution in [0.5, 0.6) is 11.5 Å². The monoisotopic (exact) mass is 404 g/mol. The Morgan fingerprint density at radius 1 is 1.04 bits per heavy atom. The zero-order valence-corrected chi connectivity index (χ0v) is 17.0. The van der Waals surface area contributed by atoms with Crippen LogP contribution in [0, 0.1) is 0 Å². The fourth-order valence-electron chi connectivity index (χ4n) is 3.11. The molecule has 150 valence electrons. The molecule has 0 aromatic heterocycles. The number of rotatable bonds is 7. The molecule has 2 aromatic rings. The van der Waals surface area contributed by atoms with Crippen molar-refractivity contribution in [3.63, 3.8) is 0 Å². The molecule has 0 atom stereocenters. The zero-order valence-electron chi connectivity index (χ0n) is 16.2. The van der Waals surface area contributed by atoms with E-state index >= 15 is 0 Å². The number of benzene rings is 2. The number of amides is 1. The maximum Gasteiger partial charge on any atom is 0.253 e. The number of ether oxygens (including phenoxy) is 2. The molecule has 0 saturated heterocycles. The van der Waals surface area contributed by atoms with Crippen LogP contribution in [-0.4, -0.2) is 50.5 Å². The Labute approximate surface area is 165 Å². The number of sulfonamides is 1. The Kier molecular flexibility index (Phi) is 5.90. The molecule has 1 aliphatic rings. The van der Waals surface area contributed by atoms with Gasteiger partial charge in [-0.3, -0.25) is 4.79 Å². The van der Waals surface area contributed by atoms with E-state index in [-0.39, 0.29) is 17.6 Å². The minimum Gasteiger partial charge on any atom is -0.454 e. The van der Waals surface area contributed by atoms with Crippen molar-refractivity contribution < 1.29 is 22.7 Å².